The predicted octanol–water partition coefficient (Wildman–Crippen LogP) is 7.86. The van der Waals surface area contributed by atoms with E-state index in [1.54, 1.807) is 6.07 Å². The molecule has 0 bridgehead atoms. The van der Waals surface area contributed by atoms with Crippen LogP contribution in [0.2, 0.25) is 0 Å². The van der Waals surface area contributed by atoms with Gasteiger partial charge in [-0.1, -0.05) is 66.7 Å². The average Bonchev–Trinajstić information content (AvgIpc) is 3.24. The maximum absolute atomic E-state index is 15.5. The molecule has 0 radical (unpaired) electrons. The van der Waals surface area contributed by atoms with E-state index in [1.165, 1.54) is 0 Å². The van der Waals surface area contributed by atoms with E-state index < -0.39 is 5.82 Å². The molecule has 0 N–H and O–H groups in total. The Morgan fingerprint density at radius 1 is 0.706 bits per heavy atom. The molecule has 0 amide bonds. The fourth-order valence-corrected chi connectivity index (χ4v) is 4.73. The van der Waals surface area contributed by atoms with E-state index >= 15 is 4.39 Å². The zero-order valence-corrected chi connectivity index (χ0v) is 19.0. The van der Waals surface area contributed by atoms with Gasteiger partial charge < -0.3 is 4.42 Å². The lowest BCUT2D eigenvalue weighted by atomic mass is 9.97. The van der Waals surface area contributed by atoms with Crippen LogP contribution in [0.25, 0.3) is 55.4 Å². The lowest BCUT2D eigenvalue weighted by Crippen LogP contribution is -2.30. The molecular formula is C31H23FNO+. The second kappa shape index (κ2) is 7.96. The third kappa shape index (κ3) is 3.20. The molecule has 0 saturated heterocycles. The Kier molecular flexibility index (Phi) is 4.51. The topological polar surface area (TPSA) is 17.0 Å². The summed E-state index contributed by atoms with van der Waals surface area (Å²) in [5, 5.41) is 1.62. The Balaban J connectivity index is 1.62. The van der Waals surface area contributed by atoms with E-state index in [0.717, 1.165) is 38.7 Å². The van der Waals surface area contributed by atoms with E-state index in [9.17, 15) is 0 Å². The molecule has 0 saturated carbocycles. The number of benzene rings is 4. The van der Waals surface area contributed by atoms with Crippen molar-refractivity contribution in [3.8, 4) is 33.5 Å². The van der Waals surface area contributed by atoms with Crippen LogP contribution in [0.5, 0.6) is 0 Å². The van der Waals surface area contributed by atoms with Gasteiger partial charge in [-0.3, -0.25) is 0 Å². The van der Waals surface area contributed by atoms with E-state index in [4.69, 9.17) is 5.79 Å². The van der Waals surface area contributed by atoms with Crippen molar-refractivity contribution < 1.29 is 14.7 Å². The fraction of sp³-hybridized carbons (Fsp3) is 0.0645. The summed E-state index contributed by atoms with van der Waals surface area (Å²) in [5.41, 5.74) is 7.37. The number of fused-ring (bicyclic) bond motifs is 3. The molecule has 6 aromatic rings. The normalized spacial score (nSPS) is 11.8. The van der Waals surface area contributed by atoms with E-state index in [2.05, 4.69) is 23.6 Å². The Morgan fingerprint density at radius 3 is 2.12 bits per heavy atom. The fourth-order valence-electron chi connectivity index (χ4n) is 4.73. The molecule has 164 valence electrons. The zero-order chi connectivity index (χ0) is 24.1. The molecule has 3 heteroatoms. The van der Waals surface area contributed by atoms with Crippen molar-refractivity contribution in [2.45, 2.75) is 6.92 Å². The minimum absolute atomic E-state index is 0.144. The van der Waals surface area contributed by atoms with E-state index in [1.807, 2.05) is 86.0 Å². The first kappa shape index (κ1) is 19.2. The van der Waals surface area contributed by atoms with Crippen LogP contribution < -0.4 is 4.57 Å². The van der Waals surface area contributed by atoms with Crippen LogP contribution in [0.3, 0.4) is 0 Å². The largest absolute Gasteiger partial charge is 0.454 e. The highest BCUT2D eigenvalue weighted by Crippen LogP contribution is 2.41. The molecular weight excluding hydrogens is 421 g/mol. The molecule has 0 fully saturated rings. The Labute approximate surface area is 198 Å². The van der Waals surface area contributed by atoms with Gasteiger partial charge in [0.15, 0.2) is 6.20 Å². The van der Waals surface area contributed by atoms with Crippen LogP contribution in [-0.2, 0) is 7.05 Å². The maximum atomic E-state index is 15.5. The second-order valence-corrected chi connectivity index (χ2v) is 8.60. The van der Waals surface area contributed by atoms with Gasteiger partial charge in [-0.15, -0.1) is 0 Å². The number of hydrogen-bond acceptors (Lipinski definition) is 1. The Hall–Kier alpha value is -4.24. The monoisotopic (exact) mass is 445 g/mol. The quantitative estimate of drug-likeness (QED) is 0.253. The Morgan fingerprint density at radius 2 is 1.35 bits per heavy atom. The van der Waals surface area contributed by atoms with Gasteiger partial charge in [-0.05, 0) is 47.4 Å². The number of aromatic nitrogens is 1. The lowest BCUT2D eigenvalue weighted by molar-refractivity contribution is -0.660. The summed E-state index contributed by atoms with van der Waals surface area (Å²) in [6.07, 6.45) is 2.00. The van der Waals surface area contributed by atoms with Gasteiger partial charge in [0.25, 0.3) is 0 Å². The minimum atomic E-state index is -0.576. The van der Waals surface area contributed by atoms with Crippen LogP contribution in [0.4, 0.5) is 4.39 Å². The molecule has 0 aliphatic heterocycles. The van der Waals surface area contributed by atoms with E-state index in [-0.39, 0.29) is 6.04 Å². The Bertz CT molecular complexity index is 1720. The number of halogens is 1. The maximum Gasteiger partial charge on any atom is 0.216 e. The summed E-state index contributed by atoms with van der Waals surface area (Å²) in [4.78, 5) is 0. The highest BCUT2D eigenvalue weighted by molar-refractivity contribution is 6.13. The number of pyridine rings is 1. The van der Waals surface area contributed by atoms with Crippen molar-refractivity contribution >= 4 is 21.9 Å². The molecule has 2 nitrogen and oxygen atoms in total. The molecule has 2 aromatic heterocycles. The standard InChI is InChI=1S/C31H23FNO/c1-20-11-16-24-25-17-18-26(32)29(23-14-12-22(13-15-23)21-8-4-3-5-9-21)31(25)34-30(24)28(20)27-10-6-7-19-33(27)2/h3-19H,1-2H3/q+1/i18D. The lowest BCUT2D eigenvalue weighted by Gasteiger charge is -2.07. The molecule has 0 spiro atoms. The van der Waals surface area contributed by atoms with Gasteiger partial charge in [0.05, 0.1) is 12.5 Å². The number of nitrogens with zero attached hydrogens (tertiary/aromatic N) is 1. The highest BCUT2D eigenvalue weighted by atomic mass is 19.1. The van der Waals surface area contributed by atoms with Crippen LogP contribution in [0.1, 0.15) is 6.93 Å². The van der Waals surface area contributed by atoms with Gasteiger partial charge in [0.1, 0.15) is 24.0 Å². The summed E-state index contributed by atoms with van der Waals surface area (Å²) in [7, 11) is 2.00. The predicted molar refractivity (Wildman–Crippen MR) is 136 cm³/mol. The molecule has 4 aromatic carbocycles. The van der Waals surface area contributed by atoms with Gasteiger partial charge in [0, 0.05) is 22.9 Å². The third-order valence-corrected chi connectivity index (χ3v) is 6.49. The first-order valence-corrected chi connectivity index (χ1v) is 11.3. The van der Waals surface area contributed by atoms with Crippen molar-refractivity contribution in [3.63, 3.8) is 0 Å². The van der Waals surface area contributed by atoms with Crippen molar-refractivity contribution in [2.24, 2.45) is 7.05 Å². The molecule has 0 atom stereocenters. The SMILES string of the molecule is [2H]c1cc2c(oc3c(-c4cccc[n+]4C)c(C)ccc32)c(-c2ccc(-c3ccccc3)cc2)c1F. The number of aryl methyl sites for hydroxylation is 2. The van der Waals surface area contributed by atoms with E-state index in [0.29, 0.717) is 22.3 Å². The molecule has 6 rings (SSSR count). The van der Waals surface area contributed by atoms with Crippen molar-refractivity contribution in [1.82, 2.24) is 0 Å². The molecule has 0 aliphatic carbocycles. The van der Waals surface area contributed by atoms with Crippen molar-refractivity contribution in [2.75, 3.05) is 0 Å². The average molecular weight is 446 g/mol. The van der Waals surface area contributed by atoms with Crippen LogP contribution in [0.15, 0.2) is 108 Å². The van der Waals surface area contributed by atoms with Crippen molar-refractivity contribution in [1.29, 1.82) is 0 Å². The second-order valence-electron chi connectivity index (χ2n) is 8.60. The molecule has 0 aliphatic rings. The first-order valence-electron chi connectivity index (χ1n) is 11.8. The molecule has 34 heavy (non-hydrogen) atoms. The number of rotatable bonds is 3. The summed E-state index contributed by atoms with van der Waals surface area (Å²) in [6.45, 7) is 2.05. The van der Waals surface area contributed by atoms with Crippen molar-refractivity contribution in [3.05, 3.63) is 115 Å². The van der Waals surface area contributed by atoms with Gasteiger partial charge in [0.2, 0.25) is 5.69 Å². The minimum Gasteiger partial charge on any atom is -0.454 e. The smallest absolute Gasteiger partial charge is 0.216 e. The summed E-state index contributed by atoms with van der Waals surface area (Å²) in [5.74, 6) is -0.576. The number of hydrogen-bond donors (Lipinski definition) is 0. The molecule has 2 heterocycles. The van der Waals surface area contributed by atoms with Crippen LogP contribution in [0, 0.1) is 12.7 Å². The van der Waals surface area contributed by atoms with Gasteiger partial charge in [-0.25, -0.2) is 8.96 Å². The zero-order valence-electron chi connectivity index (χ0n) is 20.0. The third-order valence-electron chi connectivity index (χ3n) is 6.49. The summed E-state index contributed by atoms with van der Waals surface area (Å²) in [6, 6.07) is 29.3. The summed E-state index contributed by atoms with van der Waals surface area (Å²) < 4.78 is 32.4. The van der Waals surface area contributed by atoms with Gasteiger partial charge >= 0.3 is 0 Å². The van der Waals surface area contributed by atoms with Gasteiger partial charge in [-0.2, -0.15) is 0 Å². The number of furan rings is 1. The van der Waals surface area contributed by atoms with Crippen LogP contribution in [-0.4, -0.2) is 0 Å². The van der Waals surface area contributed by atoms with Crippen LogP contribution >= 0.6 is 0 Å². The summed E-state index contributed by atoms with van der Waals surface area (Å²) >= 11 is 0. The molecule has 0 unspecified atom stereocenters. The first-order chi connectivity index (χ1) is 17.0. The highest BCUT2D eigenvalue weighted by Gasteiger charge is 2.22.